The minimum Gasteiger partial charge on any atom is -0.434 e. The van der Waals surface area contributed by atoms with E-state index >= 15 is 0 Å². The Labute approximate surface area is 143 Å². The van der Waals surface area contributed by atoms with Crippen molar-refractivity contribution in [3.63, 3.8) is 0 Å². The Morgan fingerprint density at radius 1 is 1.04 bits per heavy atom. The van der Waals surface area contributed by atoms with Crippen LogP contribution < -0.4 is 10.1 Å². The molecule has 0 unspecified atom stereocenters. The van der Waals surface area contributed by atoms with E-state index in [1.807, 2.05) is 0 Å². The van der Waals surface area contributed by atoms with Crippen molar-refractivity contribution in [3.05, 3.63) is 29.8 Å². The Morgan fingerprint density at radius 2 is 1.61 bits per heavy atom. The number of nitrogens with zero attached hydrogens (tertiary/aromatic N) is 1. The largest absolute Gasteiger partial charge is 0.434 e. The molecule has 134 valence electrons. The molecular weight excluding hydrogens is 366 g/mol. The molecule has 2 rings (SSSR count). The topological polar surface area (TPSA) is 24.5 Å². The van der Waals surface area contributed by atoms with Crippen molar-refractivity contribution in [3.8, 4) is 5.75 Å². The molecule has 1 aromatic rings. The van der Waals surface area contributed by atoms with E-state index in [1.165, 1.54) is 23.1 Å². The van der Waals surface area contributed by atoms with Crippen LogP contribution in [-0.4, -0.2) is 43.9 Å². The third kappa shape index (κ3) is 5.95. The third-order valence-electron chi connectivity index (χ3n) is 3.26. The fraction of sp³-hybridized carbons (Fsp3) is 0.538. The molecule has 0 aromatic heterocycles. The lowest BCUT2D eigenvalue weighted by atomic mass is 10.0. The van der Waals surface area contributed by atoms with Gasteiger partial charge in [-0.15, -0.1) is 24.8 Å². The summed E-state index contributed by atoms with van der Waals surface area (Å²) >= 11 is 0. The Hall–Kier alpha value is -0.830. The van der Waals surface area contributed by atoms with Crippen LogP contribution in [0.4, 0.5) is 22.0 Å². The summed E-state index contributed by atoms with van der Waals surface area (Å²) in [6.45, 7) is -1.95. The van der Waals surface area contributed by atoms with Gasteiger partial charge >= 0.3 is 12.8 Å². The number of para-hydroxylation sites is 1. The summed E-state index contributed by atoms with van der Waals surface area (Å²) in [4.78, 5) is 1.23. The van der Waals surface area contributed by atoms with Crippen LogP contribution in [0.2, 0.25) is 0 Å². The van der Waals surface area contributed by atoms with Crippen molar-refractivity contribution in [1.82, 2.24) is 10.2 Å². The van der Waals surface area contributed by atoms with Crippen LogP contribution >= 0.6 is 24.8 Å². The summed E-state index contributed by atoms with van der Waals surface area (Å²) in [7, 11) is 0. The zero-order valence-electron chi connectivity index (χ0n) is 11.9. The highest BCUT2D eigenvalue weighted by molar-refractivity contribution is 5.85. The highest BCUT2D eigenvalue weighted by Gasteiger charge is 2.46. The number of halogens is 7. The van der Waals surface area contributed by atoms with Gasteiger partial charge in [0.25, 0.3) is 0 Å². The number of benzene rings is 1. The molecule has 0 radical (unpaired) electrons. The summed E-state index contributed by atoms with van der Waals surface area (Å²) in [6, 6.07) is 3.11. The first-order valence-electron chi connectivity index (χ1n) is 6.45. The first kappa shape index (κ1) is 22.2. The van der Waals surface area contributed by atoms with E-state index in [9.17, 15) is 22.0 Å². The van der Waals surface area contributed by atoms with Crippen LogP contribution in [0.15, 0.2) is 24.3 Å². The number of hydrogen-bond acceptors (Lipinski definition) is 3. The van der Waals surface area contributed by atoms with Crippen LogP contribution in [0.1, 0.15) is 11.6 Å². The summed E-state index contributed by atoms with van der Waals surface area (Å²) in [6.07, 6.45) is -4.57. The lowest BCUT2D eigenvalue weighted by molar-refractivity contribution is -0.188. The molecule has 0 saturated carbocycles. The van der Waals surface area contributed by atoms with Crippen LogP contribution in [0.3, 0.4) is 0 Å². The predicted molar refractivity (Wildman–Crippen MR) is 80.8 cm³/mol. The zero-order chi connectivity index (χ0) is 15.5. The molecule has 10 heteroatoms. The lowest BCUT2D eigenvalue weighted by Gasteiger charge is -2.36. The molecule has 1 fully saturated rings. The first-order valence-corrected chi connectivity index (χ1v) is 6.45. The number of hydrogen-bond donors (Lipinski definition) is 1. The van der Waals surface area contributed by atoms with Gasteiger partial charge in [0.1, 0.15) is 11.8 Å². The van der Waals surface area contributed by atoms with Crippen LogP contribution in [0, 0.1) is 0 Å². The highest BCUT2D eigenvalue weighted by Crippen LogP contribution is 2.41. The maximum absolute atomic E-state index is 13.4. The quantitative estimate of drug-likeness (QED) is 0.804. The summed E-state index contributed by atoms with van der Waals surface area (Å²) in [5.74, 6) is -0.437. The van der Waals surface area contributed by atoms with Crippen LogP contribution in [0.5, 0.6) is 5.75 Å². The van der Waals surface area contributed by atoms with Gasteiger partial charge in [-0.2, -0.15) is 22.0 Å². The molecule has 1 heterocycles. The maximum Gasteiger partial charge on any atom is 0.408 e. The minimum absolute atomic E-state index is 0. The molecule has 3 nitrogen and oxygen atoms in total. The van der Waals surface area contributed by atoms with Gasteiger partial charge in [-0.3, -0.25) is 4.90 Å². The molecular formula is C13H17Cl2F5N2O. The molecule has 1 aromatic carbocycles. The molecule has 1 saturated heterocycles. The van der Waals surface area contributed by atoms with Gasteiger partial charge in [-0.25, -0.2) is 0 Å². The molecule has 0 spiro atoms. The van der Waals surface area contributed by atoms with E-state index in [1.54, 1.807) is 0 Å². The van der Waals surface area contributed by atoms with Crippen LogP contribution in [-0.2, 0) is 0 Å². The molecule has 1 aliphatic rings. The van der Waals surface area contributed by atoms with Crippen molar-refractivity contribution in [2.75, 3.05) is 26.2 Å². The SMILES string of the molecule is Cl.Cl.FC(F)Oc1ccccc1[C@H](N1CCNCC1)C(F)(F)F. The van der Waals surface area contributed by atoms with Crippen molar-refractivity contribution < 1.29 is 26.7 Å². The molecule has 23 heavy (non-hydrogen) atoms. The number of rotatable bonds is 4. The van der Waals surface area contributed by atoms with E-state index in [-0.39, 0.29) is 43.5 Å². The van der Waals surface area contributed by atoms with Crippen molar-refractivity contribution >= 4 is 24.8 Å². The smallest absolute Gasteiger partial charge is 0.408 e. The van der Waals surface area contributed by atoms with E-state index in [0.29, 0.717) is 13.1 Å². The predicted octanol–water partition coefficient (Wildman–Crippen LogP) is 3.64. The number of nitrogens with one attached hydrogen (secondary N) is 1. The number of ether oxygens (including phenoxy) is 1. The number of piperazine rings is 1. The zero-order valence-corrected chi connectivity index (χ0v) is 13.5. The fourth-order valence-corrected chi connectivity index (χ4v) is 2.43. The van der Waals surface area contributed by atoms with Crippen LogP contribution in [0.25, 0.3) is 0 Å². The summed E-state index contributed by atoms with van der Waals surface area (Å²) < 4.78 is 69.2. The Balaban J connectivity index is 0.00000242. The van der Waals surface area contributed by atoms with Gasteiger partial charge in [-0.1, -0.05) is 18.2 Å². The molecule has 0 aliphatic carbocycles. The maximum atomic E-state index is 13.4. The Kier molecular flexibility index (Phi) is 9.12. The molecule has 1 aliphatic heterocycles. The van der Waals surface area contributed by atoms with Crippen molar-refractivity contribution in [2.45, 2.75) is 18.8 Å². The van der Waals surface area contributed by atoms with Gasteiger partial charge < -0.3 is 10.1 Å². The molecule has 1 N–H and O–H groups in total. The van der Waals surface area contributed by atoms with E-state index in [0.717, 1.165) is 6.07 Å². The fourth-order valence-electron chi connectivity index (χ4n) is 2.43. The van der Waals surface area contributed by atoms with E-state index < -0.39 is 24.6 Å². The number of alkyl halides is 5. The average Bonchev–Trinajstić information content (AvgIpc) is 2.40. The van der Waals surface area contributed by atoms with Crippen molar-refractivity contribution in [1.29, 1.82) is 0 Å². The van der Waals surface area contributed by atoms with Gasteiger partial charge in [0.2, 0.25) is 0 Å². The Morgan fingerprint density at radius 3 is 2.13 bits per heavy atom. The summed E-state index contributed by atoms with van der Waals surface area (Å²) in [5.41, 5.74) is -0.285. The van der Waals surface area contributed by atoms with E-state index in [4.69, 9.17) is 0 Å². The van der Waals surface area contributed by atoms with E-state index in [2.05, 4.69) is 10.1 Å². The van der Waals surface area contributed by atoms with Gasteiger partial charge in [-0.05, 0) is 6.07 Å². The minimum atomic E-state index is -4.57. The second kappa shape index (κ2) is 9.46. The van der Waals surface area contributed by atoms with Gasteiger partial charge in [0.05, 0.1) is 0 Å². The second-order valence-electron chi connectivity index (χ2n) is 4.65. The highest BCUT2D eigenvalue weighted by atomic mass is 35.5. The standard InChI is InChI=1S/C13H15F5N2O.2ClH/c14-12(15)21-10-4-2-1-3-9(10)11(13(16,17)18)20-7-5-19-6-8-20;;/h1-4,11-12,19H,5-8H2;2*1H/t11-;;/m0../s1. The first-order chi connectivity index (χ1) is 9.89. The summed E-state index contributed by atoms with van der Waals surface area (Å²) in [5, 5.41) is 2.96. The Bertz CT molecular complexity index is 470. The third-order valence-corrected chi connectivity index (χ3v) is 3.26. The normalized spacial score (nSPS) is 17.1. The average molecular weight is 383 g/mol. The molecule has 0 amide bonds. The van der Waals surface area contributed by atoms with Crippen molar-refractivity contribution in [2.24, 2.45) is 0 Å². The second-order valence-corrected chi connectivity index (χ2v) is 4.65. The van der Waals surface area contributed by atoms with Gasteiger partial charge in [0.15, 0.2) is 0 Å². The molecule has 0 bridgehead atoms. The molecule has 1 atom stereocenters. The monoisotopic (exact) mass is 382 g/mol. The lowest BCUT2D eigenvalue weighted by Crippen LogP contribution is -2.49. The van der Waals surface area contributed by atoms with Gasteiger partial charge in [0, 0.05) is 31.7 Å².